The van der Waals surface area contributed by atoms with E-state index in [2.05, 4.69) is 5.10 Å². The summed E-state index contributed by atoms with van der Waals surface area (Å²) in [6.07, 6.45) is 3.72. The lowest BCUT2D eigenvalue weighted by Gasteiger charge is -2.04. The molecule has 6 heteroatoms. The first-order chi connectivity index (χ1) is 9.16. The second-order valence-corrected chi connectivity index (χ2v) is 5.12. The smallest absolute Gasteiger partial charge is 0.321 e. The fourth-order valence-corrected chi connectivity index (χ4v) is 2.43. The lowest BCUT2D eigenvalue weighted by Crippen LogP contribution is -2.32. The first-order valence-corrected chi connectivity index (χ1v) is 6.97. The summed E-state index contributed by atoms with van der Waals surface area (Å²) in [7, 11) is 0. The Hall–Kier alpha value is -1.79. The first-order valence-electron chi connectivity index (χ1n) is 5.82. The number of nitrogens with two attached hydrogens (primary N) is 1. The van der Waals surface area contributed by atoms with Gasteiger partial charge >= 0.3 is 5.97 Å². The molecule has 0 bridgehead atoms. The fourth-order valence-electron chi connectivity index (χ4n) is 1.53. The van der Waals surface area contributed by atoms with Crippen molar-refractivity contribution in [1.29, 1.82) is 0 Å². The average Bonchev–Trinajstić information content (AvgIpc) is 2.88. The van der Waals surface area contributed by atoms with E-state index in [0.29, 0.717) is 11.5 Å². The van der Waals surface area contributed by atoms with E-state index in [9.17, 15) is 4.79 Å². The van der Waals surface area contributed by atoms with Crippen LogP contribution in [0.4, 0.5) is 0 Å². The van der Waals surface area contributed by atoms with Crippen LogP contribution in [0.1, 0.15) is 5.56 Å². The molecule has 0 saturated carbocycles. The van der Waals surface area contributed by atoms with E-state index in [4.69, 9.17) is 10.8 Å². The van der Waals surface area contributed by atoms with Crippen molar-refractivity contribution in [1.82, 2.24) is 9.78 Å². The van der Waals surface area contributed by atoms with Crippen LogP contribution < -0.4 is 5.73 Å². The Morgan fingerprint density at radius 3 is 2.84 bits per heavy atom. The molecule has 0 saturated heterocycles. The van der Waals surface area contributed by atoms with Gasteiger partial charge in [0, 0.05) is 23.3 Å². The molecule has 2 rings (SSSR count). The largest absolute Gasteiger partial charge is 0.480 e. The molecular formula is C13H15N3O2S. The highest BCUT2D eigenvalue weighted by molar-refractivity contribution is 7.98. The Bertz CT molecular complexity index is 542. The monoisotopic (exact) mass is 277 g/mol. The van der Waals surface area contributed by atoms with Gasteiger partial charge in [-0.25, -0.2) is 4.68 Å². The molecule has 2 aromatic rings. The normalized spacial score (nSPS) is 12.3. The lowest BCUT2D eigenvalue weighted by molar-refractivity contribution is -0.137. The molecular weight excluding hydrogens is 262 g/mol. The average molecular weight is 277 g/mol. The molecule has 0 aliphatic carbocycles. The van der Waals surface area contributed by atoms with Crippen molar-refractivity contribution in [3.05, 3.63) is 48.3 Å². The molecule has 0 fully saturated rings. The zero-order valence-corrected chi connectivity index (χ0v) is 11.1. The molecule has 1 aromatic carbocycles. The molecule has 3 N–H and O–H groups in total. The van der Waals surface area contributed by atoms with Crippen LogP contribution in [0.25, 0.3) is 5.69 Å². The van der Waals surface area contributed by atoms with E-state index >= 15 is 0 Å². The predicted molar refractivity (Wildman–Crippen MR) is 75.3 cm³/mol. The second kappa shape index (κ2) is 6.40. The summed E-state index contributed by atoms with van der Waals surface area (Å²) in [4.78, 5) is 10.6. The summed E-state index contributed by atoms with van der Waals surface area (Å²) >= 11 is 1.49. The van der Waals surface area contributed by atoms with Gasteiger partial charge in [0.1, 0.15) is 6.04 Å². The van der Waals surface area contributed by atoms with Crippen molar-refractivity contribution in [3.8, 4) is 5.69 Å². The molecule has 1 heterocycles. The van der Waals surface area contributed by atoms with Crippen molar-refractivity contribution in [3.63, 3.8) is 0 Å². The Morgan fingerprint density at radius 2 is 2.16 bits per heavy atom. The van der Waals surface area contributed by atoms with Gasteiger partial charge in [0.15, 0.2) is 0 Å². The molecule has 5 nitrogen and oxygen atoms in total. The highest BCUT2D eigenvalue weighted by Gasteiger charge is 2.11. The number of nitrogens with zero attached hydrogens (tertiary/aromatic N) is 2. The number of aromatic nitrogens is 2. The molecule has 0 aliphatic heterocycles. The quantitative estimate of drug-likeness (QED) is 0.836. The molecule has 0 radical (unpaired) electrons. The van der Waals surface area contributed by atoms with E-state index in [1.807, 2.05) is 36.5 Å². The van der Waals surface area contributed by atoms with Crippen LogP contribution >= 0.6 is 11.8 Å². The summed E-state index contributed by atoms with van der Waals surface area (Å²) in [6.45, 7) is 0. The maximum atomic E-state index is 10.6. The van der Waals surface area contributed by atoms with Crippen molar-refractivity contribution >= 4 is 17.7 Å². The molecule has 19 heavy (non-hydrogen) atoms. The molecule has 1 atom stereocenters. The van der Waals surface area contributed by atoms with Crippen LogP contribution in [0.3, 0.4) is 0 Å². The number of para-hydroxylation sites is 1. The van der Waals surface area contributed by atoms with Crippen LogP contribution in [0.5, 0.6) is 0 Å². The van der Waals surface area contributed by atoms with Gasteiger partial charge in [0.25, 0.3) is 0 Å². The number of rotatable bonds is 6. The summed E-state index contributed by atoms with van der Waals surface area (Å²) in [5.74, 6) is 0.132. The van der Waals surface area contributed by atoms with Gasteiger partial charge in [-0.15, -0.1) is 0 Å². The molecule has 1 aromatic heterocycles. The van der Waals surface area contributed by atoms with E-state index in [1.165, 1.54) is 11.8 Å². The maximum absolute atomic E-state index is 10.6. The third-order valence-corrected chi connectivity index (χ3v) is 3.67. The number of carboxylic acid groups (broad SMARTS) is 1. The first kappa shape index (κ1) is 13.6. The standard InChI is InChI=1S/C13H15N3O2S/c14-12(13(17)18)9-19-8-10-6-15-16(7-10)11-4-2-1-3-5-11/h1-7,12H,8-9,14H2,(H,17,18)/t12-/m1/s1. The van der Waals surface area contributed by atoms with Gasteiger partial charge in [0.05, 0.1) is 11.9 Å². The maximum Gasteiger partial charge on any atom is 0.321 e. The molecule has 100 valence electrons. The summed E-state index contributed by atoms with van der Waals surface area (Å²) < 4.78 is 1.80. The van der Waals surface area contributed by atoms with Gasteiger partial charge in [0.2, 0.25) is 0 Å². The van der Waals surface area contributed by atoms with Crippen molar-refractivity contribution in [2.24, 2.45) is 5.73 Å². The SMILES string of the molecule is N[C@H](CSCc1cnn(-c2ccccc2)c1)C(=O)O. The number of aliphatic carboxylic acids is 1. The predicted octanol–water partition coefficient (Wildman–Crippen LogP) is 1.52. The minimum absolute atomic E-state index is 0.395. The number of hydrogen-bond acceptors (Lipinski definition) is 4. The topological polar surface area (TPSA) is 81.1 Å². The minimum atomic E-state index is -0.965. The zero-order chi connectivity index (χ0) is 13.7. The van der Waals surface area contributed by atoms with Gasteiger partial charge in [-0.2, -0.15) is 16.9 Å². The number of carbonyl (C=O) groups is 1. The van der Waals surface area contributed by atoms with Crippen LogP contribution in [-0.4, -0.2) is 32.7 Å². The Balaban J connectivity index is 1.90. The van der Waals surface area contributed by atoms with Crippen LogP contribution in [0.15, 0.2) is 42.7 Å². The van der Waals surface area contributed by atoms with E-state index in [-0.39, 0.29) is 0 Å². The van der Waals surface area contributed by atoms with Crippen LogP contribution in [0, 0.1) is 0 Å². The highest BCUT2D eigenvalue weighted by Crippen LogP contribution is 2.14. The summed E-state index contributed by atoms with van der Waals surface area (Å²) in [5, 5.41) is 13.0. The van der Waals surface area contributed by atoms with Crippen molar-refractivity contribution < 1.29 is 9.90 Å². The highest BCUT2D eigenvalue weighted by atomic mass is 32.2. The Kier molecular flexibility index (Phi) is 4.59. The molecule has 0 unspecified atom stereocenters. The number of thioether (sulfide) groups is 1. The number of carboxylic acids is 1. The lowest BCUT2D eigenvalue weighted by atomic mass is 10.3. The van der Waals surface area contributed by atoms with Crippen molar-refractivity contribution in [2.75, 3.05) is 5.75 Å². The zero-order valence-electron chi connectivity index (χ0n) is 10.3. The van der Waals surface area contributed by atoms with Gasteiger partial charge in [-0.3, -0.25) is 4.79 Å². The van der Waals surface area contributed by atoms with E-state index in [0.717, 1.165) is 11.3 Å². The second-order valence-electron chi connectivity index (χ2n) is 4.09. The number of hydrogen-bond donors (Lipinski definition) is 2. The summed E-state index contributed by atoms with van der Waals surface area (Å²) in [5.41, 5.74) is 7.48. The van der Waals surface area contributed by atoms with E-state index < -0.39 is 12.0 Å². The van der Waals surface area contributed by atoms with Crippen LogP contribution in [-0.2, 0) is 10.5 Å². The summed E-state index contributed by atoms with van der Waals surface area (Å²) in [6, 6.07) is 9.01. The third kappa shape index (κ3) is 3.84. The minimum Gasteiger partial charge on any atom is -0.480 e. The molecule has 0 amide bonds. The van der Waals surface area contributed by atoms with E-state index in [1.54, 1.807) is 10.9 Å². The molecule has 0 spiro atoms. The number of benzene rings is 1. The molecule has 0 aliphatic rings. The van der Waals surface area contributed by atoms with Gasteiger partial charge in [-0.1, -0.05) is 18.2 Å². The van der Waals surface area contributed by atoms with Crippen molar-refractivity contribution in [2.45, 2.75) is 11.8 Å². The Labute approximate surface area is 115 Å². The third-order valence-electron chi connectivity index (χ3n) is 2.54. The van der Waals surface area contributed by atoms with Crippen LogP contribution in [0.2, 0.25) is 0 Å². The fraction of sp³-hybridized carbons (Fsp3) is 0.231. The Morgan fingerprint density at radius 1 is 1.42 bits per heavy atom. The van der Waals surface area contributed by atoms with Gasteiger partial charge in [-0.05, 0) is 12.1 Å². The van der Waals surface area contributed by atoms with Gasteiger partial charge < -0.3 is 10.8 Å².